The molecule has 2 atom stereocenters. The Hall–Kier alpha value is -2.52. The van der Waals surface area contributed by atoms with Gasteiger partial charge in [-0.25, -0.2) is 4.39 Å². The second-order valence-electron chi connectivity index (χ2n) is 8.24. The normalized spacial score (nSPS) is 18.5. The van der Waals surface area contributed by atoms with Gasteiger partial charge in [0.15, 0.2) is 0 Å². The number of anilines is 1. The van der Waals surface area contributed by atoms with E-state index in [1.807, 2.05) is 17.8 Å². The Morgan fingerprint density at radius 1 is 1.00 bits per heavy atom. The van der Waals surface area contributed by atoms with Crippen LogP contribution in [0.3, 0.4) is 0 Å². The van der Waals surface area contributed by atoms with E-state index in [9.17, 15) is 4.39 Å². The third kappa shape index (κ3) is 6.01. The van der Waals surface area contributed by atoms with Gasteiger partial charge < -0.3 is 5.32 Å². The summed E-state index contributed by atoms with van der Waals surface area (Å²) in [6.45, 7) is 2.16. The van der Waals surface area contributed by atoms with Gasteiger partial charge in [-0.3, -0.25) is 0 Å². The summed E-state index contributed by atoms with van der Waals surface area (Å²) >= 11 is 1.87. The van der Waals surface area contributed by atoms with Crippen molar-refractivity contribution in [1.82, 2.24) is 0 Å². The lowest BCUT2D eigenvalue weighted by Gasteiger charge is -2.18. The first-order valence-electron chi connectivity index (χ1n) is 11.2. The van der Waals surface area contributed by atoms with E-state index < -0.39 is 0 Å². The topological polar surface area (TPSA) is 12.0 Å². The van der Waals surface area contributed by atoms with E-state index in [1.165, 1.54) is 27.8 Å². The smallest absolute Gasteiger partial charge is 0.123 e. The Bertz CT molecular complexity index is 1010. The molecule has 1 nitrogen and oxygen atoms in total. The van der Waals surface area contributed by atoms with Crippen molar-refractivity contribution in [3.8, 4) is 0 Å². The van der Waals surface area contributed by atoms with Crippen LogP contribution in [-0.4, -0.2) is 6.04 Å². The summed E-state index contributed by atoms with van der Waals surface area (Å²) in [5.41, 5.74) is 4.91. The van der Waals surface area contributed by atoms with Crippen molar-refractivity contribution in [3.05, 3.63) is 101 Å². The van der Waals surface area contributed by atoms with Gasteiger partial charge in [0.25, 0.3) is 0 Å². The molecule has 0 saturated heterocycles. The molecule has 1 fully saturated rings. The highest BCUT2D eigenvalue weighted by Crippen LogP contribution is 2.37. The molecule has 31 heavy (non-hydrogen) atoms. The molecule has 1 saturated carbocycles. The van der Waals surface area contributed by atoms with Gasteiger partial charge in [-0.1, -0.05) is 61.5 Å². The molecule has 160 valence electrons. The Morgan fingerprint density at radius 3 is 2.68 bits per heavy atom. The first-order valence-corrected chi connectivity index (χ1v) is 12.2. The highest BCUT2D eigenvalue weighted by molar-refractivity contribution is 7.98. The molecule has 0 bridgehead atoms. The zero-order valence-electron chi connectivity index (χ0n) is 18.1. The molecule has 0 amide bonds. The molecule has 3 heteroatoms. The summed E-state index contributed by atoms with van der Waals surface area (Å²) in [5, 5.41) is 3.78. The summed E-state index contributed by atoms with van der Waals surface area (Å²) in [4.78, 5) is 1.29. The van der Waals surface area contributed by atoms with Gasteiger partial charge in [-0.05, 0) is 78.6 Å². The van der Waals surface area contributed by atoms with E-state index in [-0.39, 0.29) is 5.82 Å². The van der Waals surface area contributed by atoms with E-state index in [4.69, 9.17) is 0 Å². The molecule has 0 aliphatic heterocycles. The number of benzene rings is 3. The van der Waals surface area contributed by atoms with Crippen LogP contribution in [0.25, 0.3) is 6.08 Å². The van der Waals surface area contributed by atoms with Crippen molar-refractivity contribution in [1.29, 1.82) is 0 Å². The fraction of sp³-hybridized carbons (Fsp3) is 0.286. The van der Waals surface area contributed by atoms with Crippen molar-refractivity contribution in [2.75, 3.05) is 5.32 Å². The largest absolute Gasteiger partial charge is 0.382 e. The maximum Gasteiger partial charge on any atom is 0.123 e. The standard InChI is InChI=1S/C28H30FNS/c1-2-3-10-24-19-27(31-20-21-8-5-4-6-9-21)15-16-28(24)30-26-14-13-23(18-26)22-11-7-12-25(29)17-22/h3-12,15-17,19,23,26,30H,2,13-14,18,20H2,1H3/b10-3+. The molecule has 0 heterocycles. The molecule has 3 aromatic carbocycles. The van der Waals surface area contributed by atoms with Crippen LogP contribution >= 0.6 is 11.8 Å². The SMILES string of the molecule is CC/C=C/c1cc(SCc2ccccc2)ccc1NC1CCC(c2cccc(F)c2)C1. The van der Waals surface area contributed by atoms with E-state index in [1.54, 1.807) is 6.07 Å². The predicted molar refractivity (Wildman–Crippen MR) is 132 cm³/mol. The van der Waals surface area contributed by atoms with Crippen LogP contribution in [0.5, 0.6) is 0 Å². The highest BCUT2D eigenvalue weighted by atomic mass is 32.2. The van der Waals surface area contributed by atoms with E-state index in [0.717, 1.165) is 37.0 Å². The number of halogens is 1. The molecule has 1 N–H and O–H groups in total. The quantitative estimate of drug-likeness (QED) is 0.360. The lowest BCUT2D eigenvalue weighted by atomic mass is 9.97. The number of nitrogens with one attached hydrogen (secondary N) is 1. The van der Waals surface area contributed by atoms with Crippen LogP contribution in [-0.2, 0) is 5.75 Å². The minimum atomic E-state index is -0.135. The Labute approximate surface area is 189 Å². The van der Waals surface area contributed by atoms with Crippen molar-refractivity contribution >= 4 is 23.5 Å². The van der Waals surface area contributed by atoms with Gasteiger partial charge in [-0.2, -0.15) is 0 Å². The first kappa shape index (κ1) is 21.7. The Kier molecular flexibility index (Phi) is 7.48. The zero-order chi connectivity index (χ0) is 21.5. The van der Waals surface area contributed by atoms with Crippen LogP contribution in [0.4, 0.5) is 10.1 Å². The molecule has 0 radical (unpaired) electrons. The van der Waals surface area contributed by atoms with Crippen molar-refractivity contribution < 1.29 is 4.39 Å². The lowest BCUT2D eigenvalue weighted by molar-refractivity contribution is 0.618. The Balaban J connectivity index is 1.44. The summed E-state index contributed by atoms with van der Waals surface area (Å²) < 4.78 is 13.6. The number of thioether (sulfide) groups is 1. The predicted octanol–water partition coefficient (Wildman–Crippen LogP) is 8.29. The third-order valence-corrected chi connectivity index (χ3v) is 6.98. The summed E-state index contributed by atoms with van der Waals surface area (Å²) in [7, 11) is 0. The molecule has 3 aromatic rings. The summed E-state index contributed by atoms with van der Waals surface area (Å²) in [5.74, 6) is 1.27. The van der Waals surface area contributed by atoms with Gasteiger partial charge >= 0.3 is 0 Å². The van der Waals surface area contributed by atoms with Crippen molar-refractivity contribution in [3.63, 3.8) is 0 Å². The fourth-order valence-corrected chi connectivity index (χ4v) is 5.18. The van der Waals surface area contributed by atoms with Gasteiger partial charge in [0, 0.05) is 22.4 Å². The van der Waals surface area contributed by atoms with Crippen molar-refractivity contribution in [2.45, 2.75) is 55.2 Å². The second-order valence-corrected chi connectivity index (χ2v) is 9.29. The monoisotopic (exact) mass is 431 g/mol. The highest BCUT2D eigenvalue weighted by Gasteiger charge is 2.26. The Morgan fingerprint density at radius 2 is 1.87 bits per heavy atom. The van der Waals surface area contributed by atoms with Gasteiger partial charge in [0.2, 0.25) is 0 Å². The first-order chi connectivity index (χ1) is 15.2. The van der Waals surface area contributed by atoms with E-state index in [0.29, 0.717) is 12.0 Å². The van der Waals surface area contributed by atoms with E-state index >= 15 is 0 Å². The van der Waals surface area contributed by atoms with Gasteiger partial charge in [0.05, 0.1) is 0 Å². The third-order valence-electron chi connectivity index (χ3n) is 5.92. The van der Waals surface area contributed by atoms with Gasteiger partial charge in [-0.15, -0.1) is 11.8 Å². The van der Waals surface area contributed by atoms with Crippen LogP contribution in [0.15, 0.2) is 83.8 Å². The minimum Gasteiger partial charge on any atom is -0.382 e. The molecule has 0 aromatic heterocycles. The van der Waals surface area contributed by atoms with Crippen LogP contribution < -0.4 is 5.32 Å². The maximum absolute atomic E-state index is 13.6. The van der Waals surface area contributed by atoms with Crippen LogP contribution in [0, 0.1) is 5.82 Å². The number of allylic oxidation sites excluding steroid dienone is 1. The second kappa shape index (κ2) is 10.7. The zero-order valence-corrected chi connectivity index (χ0v) is 18.9. The maximum atomic E-state index is 13.6. The number of hydrogen-bond acceptors (Lipinski definition) is 2. The summed E-state index contributed by atoms with van der Waals surface area (Å²) in [6.07, 6.45) is 8.73. The molecular formula is C28H30FNS. The van der Waals surface area contributed by atoms with Crippen LogP contribution in [0.1, 0.15) is 55.2 Å². The lowest BCUT2D eigenvalue weighted by Crippen LogP contribution is -2.16. The fourth-order valence-electron chi connectivity index (χ4n) is 4.28. The minimum absolute atomic E-state index is 0.135. The van der Waals surface area contributed by atoms with Crippen LogP contribution in [0.2, 0.25) is 0 Å². The average molecular weight is 432 g/mol. The molecule has 0 spiro atoms. The molecule has 1 aliphatic carbocycles. The number of rotatable bonds is 8. The molecule has 2 unspecified atom stereocenters. The molecule has 1 aliphatic rings. The number of hydrogen-bond donors (Lipinski definition) is 1. The molecular weight excluding hydrogens is 401 g/mol. The molecule has 4 rings (SSSR count). The van der Waals surface area contributed by atoms with E-state index in [2.05, 4.69) is 79.0 Å². The summed E-state index contributed by atoms with van der Waals surface area (Å²) in [6, 6.07) is 24.9. The van der Waals surface area contributed by atoms with Crippen molar-refractivity contribution in [2.24, 2.45) is 0 Å². The van der Waals surface area contributed by atoms with Gasteiger partial charge in [0.1, 0.15) is 5.82 Å². The average Bonchev–Trinajstić information content (AvgIpc) is 3.27.